The van der Waals surface area contributed by atoms with Crippen molar-refractivity contribution in [3.63, 3.8) is 0 Å². The summed E-state index contributed by atoms with van der Waals surface area (Å²) >= 11 is 0. The van der Waals surface area contributed by atoms with Crippen molar-refractivity contribution in [3.05, 3.63) is 313 Å². The number of para-hydroxylation sites is 1. The van der Waals surface area contributed by atoms with Gasteiger partial charge in [0, 0.05) is 38.9 Å². The van der Waals surface area contributed by atoms with Crippen LogP contribution < -0.4 is 4.90 Å². The van der Waals surface area contributed by atoms with Crippen molar-refractivity contribution in [2.45, 2.75) is 5.41 Å². The fourth-order valence-corrected chi connectivity index (χ4v) is 11.9. The Morgan fingerprint density at radius 2 is 0.767 bits per heavy atom. The zero-order valence-corrected chi connectivity index (χ0v) is 40.1. The molecule has 0 spiro atoms. The lowest BCUT2D eigenvalue weighted by Crippen LogP contribution is -2.28. The summed E-state index contributed by atoms with van der Waals surface area (Å²) in [5, 5.41) is 4.98. The molecule has 1 aliphatic rings. The van der Waals surface area contributed by atoms with Crippen molar-refractivity contribution < 1.29 is 0 Å². The summed E-state index contributed by atoms with van der Waals surface area (Å²) in [6, 6.07) is 107. The van der Waals surface area contributed by atoms with Crippen LogP contribution in [0.1, 0.15) is 22.3 Å². The molecule has 0 aliphatic heterocycles. The van der Waals surface area contributed by atoms with E-state index in [-0.39, 0.29) is 0 Å². The second-order valence-corrected chi connectivity index (χ2v) is 19.2. The molecule has 2 heteroatoms. The van der Waals surface area contributed by atoms with E-state index in [1.807, 2.05) is 0 Å². The van der Waals surface area contributed by atoms with Crippen LogP contribution in [0.15, 0.2) is 291 Å². The summed E-state index contributed by atoms with van der Waals surface area (Å²) in [5.74, 6) is 0. The molecule has 14 rings (SSSR count). The minimum atomic E-state index is -0.595. The SMILES string of the molecule is c1ccc(-c2cccc(N(c3ccc(-c4ccc5c6ccc7ccccc7c6n(-c6ccccc6)c5c4)cc3)c3ccc4c(c3)C(c3ccccc3)(c3ccccc3)c3cc(-c5ccccc5)ccc3-4)c2)cc1. The van der Waals surface area contributed by atoms with E-state index in [0.717, 1.165) is 28.3 Å². The average molecular weight is 929 g/mol. The fraction of sp³-hybridized carbons (Fsp3) is 0.0141. The van der Waals surface area contributed by atoms with Gasteiger partial charge in [0.1, 0.15) is 0 Å². The molecule has 13 aromatic rings. The van der Waals surface area contributed by atoms with Gasteiger partial charge < -0.3 is 9.47 Å². The smallest absolute Gasteiger partial charge is 0.0714 e. The van der Waals surface area contributed by atoms with E-state index in [9.17, 15) is 0 Å². The van der Waals surface area contributed by atoms with E-state index in [4.69, 9.17) is 0 Å². The Hall–Kier alpha value is -9.50. The Balaban J connectivity index is 0.954. The molecule has 0 N–H and O–H groups in total. The average Bonchev–Trinajstić information content (AvgIpc) is 4.02. The summed E-state index contributed by atoms with van der Waals surface area (Å²) in [4.78, 5) is 2.44. The number of hydrogen-bond acceptors (Lipinski definition) is 1. The minimum absolute atomic E-state index is 0.595. The van der Waals surface area contributed by atoms with Crippen LogP contribution in [0.2, 0.25) is 0 Å². The molecule has 0 unspecified atom stereocenters. The lowest BCUT2D eigenvalue weighted by atomic mass is 9.67. The molecule has 0 atom stereocenters. The second-order valence-electron chi connectivity index (χ2n) is 19.2. The molecule has 0 bridgehead atoms. The number of anilines is 3. The predicted octanol–water partition coefficient (Wildman–Crippen LogP) is 18.8. The second kappa shape index (κ2) is 17.4. The van der Waals surface area contributed by atoms with Gasteiger partial charge >= 0.3 is 0 Å². The normalized spacial score (nSPS) is 12.5. The Kier molecular flexibility index (Phi) is 10.1. The lowest BCUT2D eigenvalue weighted by Gasteiger charge is -2.35. The zero-order valence-electron chi connectivity index (χ0n) is 40.1. The highest BCUT2D eigenvalue weighted by atomic mass is 15.1. The Labute approximate surface area is 426 Å². The maximum Gasteiger partial charge on any atom is 0.0714 e. The third-order valence-corrected chi connectivity index (χ3v) is 15.2. The van der Waals surface area contributed by atoms with E-state index in [2.05, 4.69) is 301 Å². The third kappa shape index (κ3) is 6.94. The summed E-state index contributed by atoms with van der Waals surface area (Å²) in [7, 11) is 0. The molecule has 0 saturated carbocycles. The Morgan fingerprint density at radius 3 is 1.45 bits per heavy atom. The summed E-state index contributed by atoms with van der Waals surface area (Å²) < 4.78 is 2.45. The number of rotatable bonds is 9. The maximum absolute atomic E-state index is 2.47. The molecule has 2 nitrogen and oxygen atoms in total. The molecule has 342 valence electrons. The van der Waals surface area contributed by atoms with Crippen molar-refractivity contribution in [2.75, 3.05) is 4.90 Å². The molecule has 0 radical (unpaired) electrons. The van der Waals surface area contributed by atoms with Crippen LogP contribution in [0.3, 0.4) is 0 Å². The molecule has 0 saturated heterocycles. The fourth-order valence-electron chi connectivity index (χ4n) is 11.9. The van der Waals surface area contributed by atoms with Crippen LogP contribution in [-0.2, 0) is 5.41 Å². The van der Waals surface area contributed by atoms with Crippen molar-refractivity contribution in [2.24, 2.45) is 0 Å². The summed E-state index contributed by atoms with van der Waals surface area (Å²) in [6.45, 7) is 0. The van der Waals surface area contributed by atoms with Crippen LogP contribution in [0, 0.1) is 0 Å². The van der Waals surface area contributed by atoms with Gasteiger partial charge in [-0.1, -0.05) is 231 Å². The minimum Gasteiger partial charge on any atom is -0.310 e. The molecular formula is C71H48N2. The van der Waals surface area contributed by atoms with Crippen LogP contribution >= 0.6 is 0 Å². The van der Waals surface area contributed by atoms with Crippen molar-refractivity contribution in [1.29, 1.82) is 0 Å². The molecule has 1 aromatic heterocycles. The van der Waals surface area contributed by atoms with Gasteiger partial charge in [0.25, 0.3) is 0 Å². The van der Waals surface area contributed by atoms with E-state index in [1.165, 1.54) is 93.8 Å². The van der Waals surface area contributed by atoms with Gasteiger partial charge in [0.05, 0.1) is 16.4 Å². The van der Waals surface area contributed by atoms with Gasteiger partial charge in [-0.15, -0.1) is 0 Å². The van der Waals surface area contributed by atoms with Crippen molar-refractivity contribution in [1.82, 2.24) is 4.57 Å². The lowest BCUT2D eigenvalue weighted by molar-refractivity contribution is 0.768. The Morgan fingerprint density at radius 1 is 0.288 bits per heavy atom. The topological polar surface area (TPSA) is 8.17 Å². The van der Waals surface area contributed by atoms with Gasteiger partial charge in [-0.3, -0.25) is 0 Å². The first-order valence-corrected chi connectivity index (χ1v) is 25.2. The van der Waals surface area contributed by atoms with E-state index in [1.54, 1.807) is 0 Å². The molecule has 0 amide bonds. The monoisotopic (exact) mass is 928 g/mol. The molecule has 73 heavy (non-hydrogen) atoms. The van der Waals surface area contributed by atoms with E-state index < -0.39 is 5.41 Å². The third-order valence-electron chi connectivity index (χ3n) is 15.2. The van der Waals surface area contributed by atoms with Gasteiger partial charge in [0.15, 0.2) is 0 Å². The largest absolute Gasteiger partial charge is 0.310 e. The number of hydrogen-bond donors (Lipinski definition) is 0. The standard InChI is InChI=1S/C71H48N2/c1-6-19-49(20-7-1)53-24-18-31-60(45-53)72(59-38-33-51(34-39-59)55-37-42-65-66-43-35-52-23-16-17-32-62(52)70(66)73(69(65)47-55)58-29-14-5-15-30-58)61-40-44-64-63-41-36-54(50-21-8-2-9-22-50)46-67(63)71(68(64)48-61,56-25-10-3-11-26-56)57-27-12-4-13-28-57/h1-48H. The van der Waals surface area contributed by atoms with Crippen LogP contribution in [0.4, 0.5) is 17.1 Å². The van der Waals surface area contributed by atoms with Crippen LogP contribution in [0.5, 0.6) is 0 Å². The highest BCUT2D eigenvalue weighted by molar-refractivity contribution is 6.19. The van der Waals surface area contributed by atoms with Gasteiger partial charge in [-0.2, -0.15) is 0 Å². The maximum atomic E-state index is 2.47. The number of nitrogens with zero attached hydrogens (tertiary/aromatic N) is 2. The quantitative estimate of drug-likeness (QED) is 0.140. The van der Waals surface area contributed by atoms with Crippen LogP contribution in [-0.4, -0.2) is 4.57 Å². The molecule has 12 aromatic carbocycles. The number of aromatic nitrogens is 1. The van der Waals surface area contributed by atoms with Gasteiger partial charge in [-0.05, 0) is 133 Å². The molecular weight excluding hydrogens is 881 g/mol. The zero-order chi connectivity index (χ0) is 48.3. The molecule has 0 fully saturated rings. The first-order valence-electron chi connectivity index (χ1n) is 25.2. The summed E-state index contributed by atoms with van der Waals surface area (Å²) in [6.07, 6.45) is 0. The van der Waals surface area contributed by atoms with Crippen LogP contribution in [0.25, 0.3) is 82.8 Å². The predicted molar refractivity (Wildman–Crippen MR) is 307 cm³/mol. The molecule has 1 aliphatic carbocycles. The number of fused-ring (bicyclic) bond motifs is 8. The highest BCUT2D eigenvalue weighted by Gasteiger charge is 2.46. The van der Waals surface area contributed by atoms with E-state index in [0.29, 0.717) is 0 Å². The Bertz CT molecular complexity index is 4120. The van der Waals surface area contributed by atoms with Crippen molar-refractivity contribution in [3.8, 4) is 50.2 Å². The van der Waals surface area contributed by atoms with Gasteiger partial charge in [0.2, 0.25) is 0 Å². The number of benzene rings is 12. The highest BCUT2D eigenvalue weighted by Crippen LogP contribution is 2.58. The summed E-state index contributed by atoms with van der Waals surface area (Å²) in [5.41, 5.74) is 20.8. The van der Waals surface area contributed by atoms with Gasteiger partial charge in [-0.25, -0.2) is 0 Å². The molecule has 1 heterocycles. The first kappa shape index (κ1) is 42.4. The van der Waals surface area contributed by atoms with E-state index >= 15 is 0 Å². The van der Waals surface area contributed by atoms with Crippen molar-refractivity contribution >= 4 is 49.6 Å². The first-order chi connectivity index (χ1) is 36.2.